The summed E-state index contributed by atoms with van der Waals surface area (Å²) >= 11 is 0. The van der Waals surface area contributed by atoms with Crippen molar-refractivity contribution in [3.63, 3.8) is 0 Å². The Bertz CT molecular complexity index is 924. The highest BCUT2D eigenvalue weighted by Gasteiger charge is 2.30. The normalized spacial score (nSPS) is 11.2. The monoisotopic (exact) mass is 380 g/mol. The number of carboxylic acid groups (broad SMARTS) is 1. The van der Waals surface area contributed by atoms with Gasteiger partial charge in [-0.3, -0.25) is 0 Å². The van der Waals surface area contributed by atoms with Crippen LogP contribution in [-0.2, 0) is 6.61 Å². The molecular weight excluding hydrogens is 369 g/mol. The third-order valence-electron chi connectivity index (χ3n) is 3.22. The van der Waals surface area contributed by atoms with E-state index < -0.39 is 12.3 Å². The largest absolute Gasteiger partial charge is 0.573 e. The van der Waals surface area contributed by atoms with Crippen LogP contribution in [0.3, 0.4) is 0 Å². The number of nitrogens with zero attached hydrogens (tertiary/aromatic N) is 4. The Hall–Kier alpha value is -3.63. The fourth-order valence-electron chi connectivity index (χ4n) is 2.02. The van der Waals surface area contributed by atoms with Gasteiger partial charge in [-0.05, 0) is 30.3 Å². The zero-order chi connectivity index (χ0) is 19.4. The second kappa shape index (κ2) is 7.32. The van der Waals surface area contributed by atoms with Crippen molar-refractivity contribution < 1.29 is 32.5 Å². The Morgan fingerprint density at radius 1 is 1.11 bits per heavy atom. The van der Waals surface area contributed by atoms with Crippen LogP contribution in [0.1, 0.15) is 16.1 Å². The van der Waals surface area contributed by atoms with E-state index >= 15 is 0 Å². The van der Waals surface area contributed by atoms with E-state index in [0.29, 0.717) is 11.3 Å². The number of aromatic carboxylic acids is 1. The smallest absolute Gasteiger partial charge is 0.477 e. The molecule has 0 saturated heterocycles. The second-order valence-electron chi connectivity index (χ2n) is 5.16. The van der Waals surface area contributed by atoms with Crippen LogP contribution in [0.25, 0.3) is 5.69 Å². The van der Waals surface area contributed by atoms with Crippen molar-refractivity contribution in [2.24, 2.45) is 0 Å². The number of ether oxygens (including phenoxy) is 2. The molecule has 11 heteroatoms. The Morgan fingerprint density at radius 2 is 1.85 bits per heavy atom. The molecule has 0 saturated carbocycles. The van der Waals surface area contributed by atoms with Gasteiger partial charge in [-0.2, -0.15) is 4.98 Å². The van der Waals surface area contributed by atoms with Gasteiger partial charge in [-0.1, -0.05) is 6.07 Å². The number of alkyl halides is 3. The number of halogens is 3. The van der Waals surface area contributed by atoms with Gasteiger partial charge < -0.3 is 14.6 Å². The lowest BCUT2D eigenvalue weighted by molar-refractivity contribution is -0.274. The van der Waals surface area contributed by atoms with E-state index in [2.05, 4.69) is 19.8 Å². The summed E-state index contributed by atoms with van der Waals surface area (Å²) in [5.74, 6) is -1.48. The molecule has 0 aliphatic rings. The summed E-state index contributed by atoms with van der Waals surface area (Å²) < 4.78 is 47.0. The molecule has 3 aromatic rings. The van der Waals surface area contributed by atoms with Crippen LogP contribution in [-0.4, -0.2) is 37.2 Å². The van der Waals surface area contributed by atoms with Gasteiger partial charge in [0.1, 0.15) is 24.4 Å². The zero-order valence-electron chi connectivity index (χ0n) is 13.4. The van der Waals surface area contributed by atoms with Crippen molar-refractivity contribution in [2.75, 3.05) is 0 Å². The van der Waals surface area contributed by atoms with E-state index in [1.807, 2.05) is 0 Å². The molecule has 0 unspecified atom stereocenters. The number of carbonyl (C=O) groups is 1. The maximum Gasteiger partial charge on any atom is 0.573 e. The van der Waals surface area contributed by atoms with E-state index in [4.69, 9.17) is 9.84 Å². The standard InChI is InChI=1S/C16H11F3N4O4/c17-16(18,19)27-12-4-2-11(3-5-12)23-9-21-15(22-23)26-8-10-1-6-13(14(24)25)20-7-10/h1-7,9H,8H2,(H,24,25). The molecule has 27 heavy (non-hydrogen) atoms. The Balaban J connectivity index is 1.62. The van der Waals surface area contributed by atoms with Crippen LogP contribution in [0.4, 0.5) is 13.2 Å². The van der Waals surface area contributed by atoms with E-state index in [0.717, 1.165) is 12.1 Å². The summed E-state index contributed by atoms with van der Waals surface area (Å²) in [6.45, 7) is 0.0648. The lowest BCUT2D eigenvalue weighted by Crippen LogP contribution is -2.17. The van der Waals surface area contributed by atoms with Crippen LogP contribution in [0.15, 0.2) is 48.9 Å². The third kappa shape index (κ3) is 4.93. The van der Waals surface area contributed by atoms with E-state index in [1.54, 1.807) is 6.07 Å². The predicted molar refractivity (Wildman–Crippen MR) is 83.6 cm³/mol. The molecule has 2 heterocycles. The molecule has 2 aromatic heterocycles. The lowest BCUT2D eigenvalue weighted by atomic mass is 10.2. The van der Waals surface area contributed by atoms with Crippen LogP contribution in [0.5, 0.6) is 11.8 Å². The number of hydrogen-bond donors (Lipinski definition) is 1. The zero-order valence-corrected chi connectivity index (χ0v) is 13.4. The average Bonchev–Trinajstić information content (AvgIpc) is 3.08. The minimum atomic E-state index is -4.76. The fraction of sp³-hybridized carbons (Fsp3) is 0.125. The Kier molecular flexibility index (Phi) is 4.92. The van der Waals surface area contributed by atoms with Gasteiger partial charge in [0.25, 0.3) is 0 Å². The number of aromatic nitrogens is 4. The predicted octanol–water partition coefficient (Wildman–Crippen LogP) is 2.84. The molecule has 0 spiro atoms. The highest BCUT2D eigenvalue weighted by molar-refractivity contribution is 5.85. The highest BCUT2D eigenvalue weighted by Crippen LogP contribution is 2.23. The summed E-state index contributed by atoms with van der Waals surface area (Å²) in [5, 5.41) is 12.8. The molecule has 1 N–H and O–H groups in total. The molecular formula is C16H11F3N4O4. The van der Waals surface area contributed by atoms with E-state index in [9.17, 15) is 18.0 Å². The van der Waals surface area contributed by atoms with Gasteiger partial charge in [-0.25, -0.2) is 14.5 Å². The van der Waals surface area contributed by atoms with Crippen LogP contribution in [0, 0.1) is 0 Å². The molecule has 0 fully saturated rings. The second-order valence-corrected chi connectivity index (χ2v) is 5.16. The van der Waals surface area contributed by atoms with Crippen LogP contribution < -0.4 is 9.47 Å². The molecule has 140 valence electrons. The summed E-state index contributed by atoms with van der Waals surface area (Å²) in [7, 11) is 0. The first-order valence-electron chi connectivity index (χ1n) is 7.39. The van der Waals surface area contributed by atoms with Crippen molar-refractivity contribution >= 4 is 5.97 Å². The molecule has 0 aliphatic carbocycles. The molecule has 8 nitrogen and oxygen atoms in total. The Morgan fingerprint density at radius 3 is 2.44 bits per heavy atom. The fourth-order valence-corrected chi connectivity index (χ4v) is 2.02. The molecule has 1 aromatic carbocycles. The molecule has 0 amide bonds. The van der Waals surface area contributed by atoms with Gasteiger partial charge in [0.05, 0.1) is 5.69 Å². The first kappa shape index (κ1) is 18.2. The summed E-state index contributed by atoms with van der Waals surface area (Å²) in [5.41, 5.74) is 0.989. The van der Waals surface area contributed by atoms with Gasteiger partial charge in [0, 0.05) is 11.8 Å². The SMILES string of the molecule is O=C(O)c1ccc(COc2ncn(-c3ccc(OC(F)(F)F)cc3)n2)cn1. The number of hydrogen-bond acceptors (Lipinski definition) is 6. The van der Waals surface area contributed by atoms with E-state index in [1.165, 1.54) is 35.4 Å². The van der Waals surface area contributed by atoms with Crippen LogP contribution in [0.2, 0.25) is 0 Å². The summed E-state index contributed by atoms with van der Waals surface area (Å²) in [6.07, 6.45) is -2.06. The summed E-state index contributed by atoms with van der Waals surface area (Å²) in [4.78, 5) is 18.4. The minimum Gasteiger partial charge on any atom is -0.477 e. The topological polar surface area (TPSA) is 99.4 Å². The first-order valence-corrected chi connectivity index (χ1v) is 7.39. The van der Waals surface area contributed by atoms with Crippen molar-refractivity contribution in [2.45, 2.75) is 13.0 Å². The van der Waals surface area contributed by atoms with Gasteiger partial charge in [0.2, 0.25) is 0 Å². The Labute approximate surface area is 149 Å². The molecule has 0 aliphatic heterocycles. The van der Waals surface area contributed by atoms with Crippen LogP contribution >= 0.6 is 0 Å². The molecule has 0 radical (unpaired) electrons. The maximum absolute atomic E-state index is 12.2. The van der Waals surface area contributed by atoms with E-state index in [-0.39, 0.29) is 24.1 Å². The van der Waals surface area contributed by atoms with Gasteiger partial charge >= 0.3 is 18.3 Å². The third-order valence-corrected chi connectivity index (χ3v) is 3.22. The number of benzene rings is 1. The molecule has 0 atom stereocenters. The number of rotatable bonds is 6. The van der Waals surface area contributed by atoms with Gasteiger partial charge in [-0.15, -0.1) is 18.3 Å². The van der Waals surface area contributed by atoms with Crippen molar-refractivity contribution in [3.05, 3.63) is 60.2 Å². The quantitative estimate of drug-likeness (QED) is 0.702. The van der Waals surface area contributed by atoms with Gasteiger partial charge in [0.15, 0.2) is 0 Å². The van der Waals surface area contributed by atoms with Crippen molar-refractivity contribution in [1.82, 2.24) is 19.7 Å². The molecule has 3 rings (SSSR count). The molecule has 0 bridgehead atoms. The van der Waals surface area contributed by atoms with Crippen molar-refractivity contribution in [3.8, 4) is 17.4 Å². The maximum atomic E-state index is 12.2. The lowest BCUT2D eigenvalue weighted by Gasteiger charge is -2.09. The number of pyridine rings is 1. The minimum absolute atomic E-state index is 0.0351. The van der Waals surface area contributed by atoms with Crippen molar-refractivity contribution in [1.29, 1.82) is 0 Å². The average molecular weight is 380 g/mol. The number of carboxylic acids is 1. The first-order chi connectivity index (χ1) is 12.8. The highest BCUT2D eigenvalue weighted by atomic mass is 19.4. The summed E-state index contributed by atoms with van der Waals surface area (Å²) in [6, 6.07) is 8.00.